The lowest BCUT2D eigenvalue weighted by Gasteiger charge is -2.11. The second-order valence-corrected chi connectivity index (χ2v) is 7.06. The summed E-state index contributed by atoms with van der Waals surface area (Å²) in [6.45, 7) is 0.397. The van der Waals surface area contributed by atoms with Crippen LogP contribution in [0.1, 0.15) is 14.7 Å². The SMILES string of the molecule is COCc1ncc(C(=O)Nc2cc(-c3ccccc3)nc3ccccc23)s1. The molecule has 6 heteroatoms. The molecule has 2 aromatic heterocycles. The van der Waals surface area contributed by atoms with Crippen molar-refractivity contribution in [3.63, 3.8) is 0 Å². The molecule has 0 unspecified atom stereocenters. The third-order valence-corrected chi connectivity index (χ3v) is 5.05. The highest BCUT2D eigenvalue weighted by Gasteiger charge is 2.14. The van der Waals surface area contributed by atoms with E-state index in [-0.39, 0.29) is 5.91 Å². The standard InChI is InChI=1S/C21H17N3O2S/c1-26-13-20-22-12-19(27-20)21(25)24-18-11-17(14-7-3-2-4-8-14)23-16-10-6-5-9-15(16)18/h2-12H,13H2,1H3,(H,23,24,25). The van der Waals surface area contributed by atoms with Gasteiger partial charge in [0.1, 0.15) is 9.88 Å². The van der Waals surface area contributed by atoms with Crippen LogP contribution in [0.2, 0.25) is 0 Å². The first-order chi connectivity index (χ1) is 13.2. The Morgan fingerprint density at radius 2 is 1.89 bits per heavy atom. The van der Waals surface area contributed by atoms with E-state index in [0.29, 0.717) is 11.5 Å². The van der Waals surface area contributed by atoms with Gasteiger partial charge < -0.3 is 10.1 Å². The number of carbonyl (C=O) groups is 1. The van der Waals surface area contributed by atoms with Gasteiger partial charge in [0.15, 0.2) is 0 Å². The van der Waals surface area contributed by atoms with Gasteiger partial charge in [-0.3, -0.25) is 4.79 Å². The number of fused-ring (bicyclic) bond motifs is 1. The maximum Gasteiger partial charge on any atom is 0.267 e. The van der Waals surface area contributed by atoms with Gasteiger partial charge in [-0.2, -0.15) is 0 Å². The van der Waals surface area contributed by atoms with Gasteiger partial charge in [-0.1, -0.05) is 48.5 Å². The Morgan fingerprint density at radius 1 is 1.11 bits per heavy atom. The van der Waals surface area contributed by atoms with Gasteiger partial charge in [0, 0.05) is 18.1 Å². The van der Waals surface area contributed by atoms with Crippen molar-refractivity contribution in [3.8, 4) is 11.3 Å². The number of nitrogens with one attached hydrogen (secondary N) is 1. The van der Waals surface area contributed by atoms with Crippen molar-refractivity contribution >= 4 is 33.8 Å². The average Bonchev–Trinajstić information content (AvgIpc) is 3.18. The van der Waals surface area contributed by atoms with Crippen LogP contribution in [0.5, 0.6) is 0 Å². The number of para-hydroxylation sites is 1. The zero-order chi connectivity index (χ0) is 18.6. The number of thiazole rings is 1. The van der Waals surface area contributed by atoms with E-state index in [1.165, 1.54) is 11.3 Å². The second-order valence-electron chi connectivity index (χ2n) is 5.94. The Morgan fingerprint density at radius 3 is 2.70 bits per heavy atom. The summed E-state index contributed by atoms with van der Waals surface area (Å²) in [5.74, 6) is -0.190. The fourth-order valence-corrected chi connectivity index (χ4v) is 3.61. The Bertz CT molecular complexity index is 1090. The summed E-state index contributed by atoms with van der Waals surface area (Å²) < 4.78 is 5.07. The van der Waals surface area contributed by atoms with Crippen molar-refractivity contribution in [1.29, 1.82) is 0 Å². The molecule has 0 aliphatic carbocycles. The fourth-order valence-electron chi connectivity index (χ4n) is 2.82. The van der Waals surface area contributed by atoms with E-state index in [2.05, 4.69) is 10.3 Å². The largest absolute Gasteiger partial charge is 0.378 e. The quantitative estimate of drug-likeness (QED) is 0.546. The highest BCUT2D eigenvalue weighted by Crippen LogP contribution is 2.29. The number of rotatable bonds is 5. The number of hydrogen-bond donors (Lipinski definition) is 1. The normalized spacial score (nSPS) is 10.9. The van der Waals surface area contributed by atoms with Crippen molar-refractivity contribution < 1.29 is 9.53 Å². The number of benzene rings is 2. The van der Waals surface area contributed by atoms with Crippen LogP contribution in [0.3, 0.4) is 0 Å². The Labute approximate surface area is 160 Å². The van der Waals surface area contributed by atoms with Crippen molar-refractivity contribution in [1.82, 2.24) is 9.97 Å². The zero-order valence-electron chi connectivity index (χ0n) is 14.7. The minimum atomic E-state index is -0.190. The first-order valence-electron chi connectivity index (χ1n) is 8.45. The first-order valence-corrected chi connectivity index (χ1v) is 9.26. The Hall–Kier alpha value is -3.09. The molecule has 0 atom stereocenters. The molecule has 2 heterocycles. The highest BCUT2D eigenvalue weighted by molar-refractivity contribution is 7.13. The first kappa shape index (κ1) is 17.3. The molecule has 0 fully saturated rings. The number of aromatic nitrogens is 2. The van der Waals surface area contributed by atoms with Crippen molar-refractivity contribution in [2.45, 2.75) is 6.61 Å². The lowest BCUT2D eigenvalue weighted by Crippen LogP contribution is -2.11. The number of ether oxygens (including phenoxy) is 1. The molecule has 0 spiro atoms. The predicted octanol–water partition coefficient (Wildman–Crippen LogP) is 4.76. The van der Waals surface area contributed by atoms with E-state index in [0.717, 1.165) is 32.9 Å². The van der Waals surface area contributed by atoms with E-state index in [4.69, 9.17) is 9.72 Å². The summed E-state index contributed by atoms with van der Waals surface area (Å²) in [5, 5.41) is 4.68. The molecule has 4 aromatic rings. The van der Waals surface area contributed by atoms with Crippen LogP contribution in [-0.4, -0.2) is 23.0 Å². The molecule has 4 rings (SSSR count). The number of pyridine rings is 1. The van der Waals surface area contributed by atoms with E-state index in [1.54, 1.807) is 13.3 Å². The van der Waals surface area contributed by atoms with Crippen LogP contribution in [0.25, 0.3) is 22.2 Å². The van der Waals surface area contributed by atoms with Crippen molar-refractivity contribution in [2.24, 2.45) is 0 Å². The maximum atomic E-state index is 12.7. The van der Waals surface area contributed by atoms with Crippen LogP contribution < -0.4 is 5.32 Å². The van der Waals surface area contributed by atoms with Gasteiger partial charge in [-0.05, 0) is 12.1 Å². The van der Waals surface area contributed by atoms with Crippen LogP contribution in [0, 0.1) is 0 Å². The lowest BCUT2D eigenvalue weighted by atomic mass is 10.1. The summed E-state index contributed by atoms with van der Waals surface area (Å²) in [6, 6.07) is 19.6. The summed E-state index contributed by atoms with van der Waals surface area (Å²) in [4.78, 5) is 22.2. The van der Waals surface area contributed by atoms with Crippen molar-refractivity contribution in [3.05, 3.63) is 76.7 Å². The van der Waals surface area contributed by atoms with E-state index >= 15 is 0 Å². The summed E-state index contributed by atoms with van der Waals surface area (Å²) in [7, 11) is 1.61. The average molecular weight is 375 g/mol. The molecule has 2 aromatic carbocycles. The summed E-state index contributed by atoms with van der Waals surface area (Å²) >= 11 is 1.33. The lowest BCUT2D eigenvalue weighted by molar-refractivity contribution is 0.103. The van der Waals surface area contributed by atoms with Crippen molar-refractivity contribution in [2.75, 3.05) is 12.4 Å². The Balaban J connectivity index is 1.72. The predicted molar refractivity (Wildman–Crippen MR) is 108 cm³/mol. The van der Waals surface area contributed by atoms with Crippen LogP contribution in [0.15, 0.2) is 66.9 Å². The summed E-state index contributed by atoms with van der Waals surface area (Å²) in [5.41, 5.74) is 3.37. The fraction of sp³-hybridized carbons (Fsp3) is 0.0952. The molecule has 1 amide bonds. The molecule has 0 aliphatic heterocycles. The smallest absolute Gasteiger partial charge is 0.267 e. The molecule has 134 valence electrons. The monoisotopic (exact) mass is 375 g/mol. The van der Waals surface area contributed by atoms with Gasteiger partial charge >= 0.3 is 0 Å². The van der Waals surface area contributed by atoms with Gasteiger partial charge in [-0.25, -0.2) is 9.97 Å². The molecule has 0 saturated heterocycles. The highest BCUT2D eigenvalue weighted by atomic mass is 32.1. The molecule has 0 radical (unpaired) electrons. The van der Waals surface area contributed by atoms with Crippen LogP contribution >= 0.6 is 11.3 Å². The number of nitrogens with zero attached hydrogens (tertiary/aromatic N) is 2. The molecule has 0 aliphatic rings. The van der Waals surface area contributed by atoms with Gasteiger partial charge in [0.05, 0.1) is 29.7 Å². The molecular formula is C21H17N3O2S. The van der Waals surface area contributed by atoms with E-state index in [1.807, 2.05) is 60.7 Å². The van der Waals surface area contributed by atoms with E-state index in [9.17, 15) is 4.79 Å². The number of amides is 1. The number of hydrogen-bond acceptors (Lipinski definition) is 5. The molecule has 0 bridgehead atoms. The molecule has 0 saturated carbocycles. The van der Waals surface area contributed by atoms with Gasteiger partial charge in [0.2, 0.25) is 0 Å². The zero-order valence-corrected chi connectivity index (χ0v) is 15.5. The van der Waals surface area contributed by atoms with Crippen LogP contribution in [0.4, 0.5) is 5.69 Å². The topological polar surface area (TPSA) is 64.1 Å². The molecule has 1 N–H and O–H groups in total. The van der Waals surface area contributed by atoms with Crippen LogP contribution in [-0.2, 0) is 11.3 Å². The number of carbonyl (C=O) groups excluding carboxylic acids is 1. The molecule has 5 nitrogen and oxygen atoms in total. The second kappa shape index (κ2) is 7.65. The third kappa shape index (κ3) is 3.72. The maximum absolute atomic E-state index is 12.7. The summed E-state index contributed by atoms with van der Waals surface area (Å²) in [6.07, 6.45) is 1.58. The van der Waals surface area contributed by atoms with Gasteiger partial charge in [0.25, 0.3) is 5.91 Å². The minimum absolute atomic E-state index is 0.190. The molecule has 27 heavy (non-hydrogen) atoms. The Kier molecular flexibility index (Phi) is 4.91. The number of anilines is 1. The minimum Gasteiger partial charge on any atom is -0.378 e. The third-order valence-electron chi connectivity index (χ3n) is 4.08. The number of methoxy groups -OCH3 is 1. The van der Waals surface area contributed by atoms with E-state index < -0.39 is 0 Å². The molecular weight excluding hydrogens is 358 g/mol. The van der Waals surface area contributed by atoms with Gasteiger partial charge in [-0.15, -0.1) is 11.3 Å².